The van der Waals surface area contributed by atoms with Crippen LogP contribution in [-0.4, -0.2) is 12.5 Å². The number of amides is 1. The molecular weight excluding hydrogens is 267 g/mol. The second kappa shape index (κ2) is 5.56. The van der Waals surface area contributed by atoms with Crippen LogP contribution in [-0.2, 0) is 6.42 Å². The molecule has 108 valence electrons. The maximum absolute atomic E-state index is 13.3. The number of carbonyl (C=O) groups is 1. The summed E-state index contributed by atoms with van der Waals surface area (Å²) in [5.74, 6) is -0.688. The fraction of sp³-hybridized carbons (Fsp3) is 0.235. The van der Waals surface area contributed by atoms with Crippen LogP contribution < -0.4 is 10.6 Å². The zero-order valence-electron chi connectivity index (χ0n) is 11.9. The maximum Gasteiger partial charge on any atom is 0.256 e. The summed E-state index contributed by atoms with van der Waals surface area (Å²) in [5, 5.41) is 6.21. The Balaban J connectivity index is 1.90. The van der Waals surface area contributed by atoms with Crippen molar-refractivity contribution < 1.29 is 9.18 Å². The number of aryl methyl sites for hydroxylation is 2. The monoisotopic (exact) mass is 284 g/mol. The van der Waals surface area contributed by atoms with Crippen molar-refractivity contribution in [1.82, 2.24) is 0 Å². The minimum Gasteiger partial charge on any atom is -0.383 e. The van der Waals surface area contributed by atoms with E-state index in [4.69, 9.17) is 0 Å². The molecule has 0 spiro atoms. The SMILES string of the molecule is Cc1ccc(F)cc1C(=O)Nc1cccc2c1NCCC2. The molecule has 1 amide bonds. The van der Waals surface area contributed by atoms with Gasteiger partial charge in [0, 0.05) is 12.1 Å². The molecule has 0 bridgehead atoms. The zero-order chi connectivity index (χ0) is 14.8. The highest BCUT2D eigenvalue weighted by Crippen LogP contribution is 2.30. The highest BCUT2D eigenvalue weighted by Gasteiger charge is 2.16. The standard InChI is InChI=1S/C17H17FN2O/c1-11-7-8-13(18)10-14(11)17(21)20-15-6-2-4-12-5-3-9-19-16(12)15/h2,4,6-8,10,19H,3,5,9H2,1H3,(H,20,21). The van der Waals surface area contributed by atoms with Gasteiger partial charge in [-0.15, -0.1) is 0 Å². The molecule has 0 unspecified atom stereocenters. The topological polar surface area (TPSA) is 41.1 Å². The molecule has 0 atom stereocenters. The number of fused-ring (bicyclic) bond motifs is 1. The molecule has 1 aliphatic rings. The first-order valence-electron chi connectivity index (χ1n) is 7.08. The van der Waals surface area contributed by atoms with Crippen molar-refractivity contribution in [1.29, 1.82) is 0 Å². The summed E-state index contributed by atoms with van der Waals surface area (Å²) in [6.07, 6.45) is 2.10. The van der Waals surface area contributed by atoms with E-state index in [0.717, 1.165) is 36.3 Å². The Morgan fingerprint density at radius 3 is 3.00 bits per heavy atom. The van der Waals surface area contributed by atoms with Crippen molar-refractivity contribution in [3.8, 4) is 0 Å². The lowest BCUT2D eigenvalue weighted by Crippen LogP contribution is -2.18. The zero-order valence-corrected chi connectivity index (χ0v) is 11.9. The molecule has 2 aromatic carbocycles. The molecule has 2 aromatic rings. The Morgan fingerprint density at radius 2 is 2.14 bits per heavy atom. The molecule has 0 aromatic heterocycles. The highest BCUT2D eigenvalue weighted by atomic mass is 19.1. The third-order valence-corrected chi connectivity index (χ3v) is 3.77. The van der Waals surface area contributed by atoms with Crippen molar-refractivity contribution in [3.05, 3.63) is 58.9 Å². The molecule has 3 nitrogen and oxygen atoms in total. The van der Waals surface area contributed by atoms with E-state index in [1.165, 1.54) is 17.7 Å². The van der Waals surface area contributed by atoms with Crippen LogP contribution in [0.1, 0.15) is 27.9 Å². The Kier molecular flexibility index (Phi) is 3.60. The summed E-state index contributed by atoms with van der Waals surface area (Å²) in [7, 11) is 0. The first kappa shape index (κ1) is 13.6. The second-order valence-electron chi connectivity index (χ2n) is 5.28. The quantitative estimate of drug-likeness (QED) is 0.882. The van der Waals surface area contributed by atoms with Crippen molar-refractivity contribution >= 4 is 17.3 Å². The molecule has 3 rings (SSSR count). The number of benzene rings is 2. The Hall–Kier alpha value is -2.36. The van der Waals surface area contributed by atoms with E-state index in [1.807, 2.05) is 12.1 Å². The van der Waals surface area contributed by atoms with Crippen molar-refractivity contribution in [2.45, 2.75) is 19.8 Å². The summed E-state index contributed by atoms with van der Waals surface area (Å²) >= 11 is 0. The molecule has 1 aliphatic heterocycles. The van der Waals surface area contributed by atoms with Gasteiger partial charge in [-0.3, -0.25) is 4.79 Å². The van der Waals surface area contributed by atoms with E-state index in [-0.39, 0.29) is 5.91 Å². The van der Waals surface area contributed by atoms with E-state index in [2.05, 4.69) is 16.7 Å². The van der Waals surface area contributed by atoms with Crippen LogP contribution in [0.5, 0.6) is 0 Å². The molecule has 21 heavy (non-hydrogen) atoms. The summed E-state index contributed by atoms with van der Waals surface area (Å²) < 4.78 is 13.3. The summed E-state index contributed by atoms with van der Waals surface area (Å²) in [6, 6.07) is 10.1. The van der Waals surface area contributed by atoms with Gasteiger partial charge in [0.2, 0.25) is 0 Å². The third-order valence-electron chi connectivity index (χ3n) is 3.77. The number of halogens is 1. The summed E-state index contributed by atoms with van der Waals surface area (Å²) in [4.78, 5) is 12.4. The fourth-order valence-electron chi connectivity index (χ4n) is 2.64. The minimum absolute atomic E-state index is 0.284. The van der Waals surface area contributed by atoms with E-state index in [9.17, 15) is 9.18 Å². The lowest BCUT2D eigenvalue weighted by Gasteiger charge is -2.21. The van der Waals surface area contributed by atoms with Crippen LogP contribution in [0.15, 0.2) is 36.4 Å². The number of para-hydroxylation sites is 1. The van der Waals surface area contributed by atoms with Gasteiger partial charge in [-0.05, 0) is 49.1 Å². The number of hydrogen-bond acceptors (Lipinski definition) is 2. The molecule has 0 saturated carbocycles. The normalized spacial score (nSPS) is 13.2. The molecule has 1 heterocycles. The predicted octanol–water partition coefficient (Wildman–Crippen LogP) is 3.74. The number of rotatable bonds is 2. The van der Waals surface area contributed by atoms with Gasteiger partial charge in [-0.2, -0.15) is 0 Å². The van der Waals surface area contributed by atoms with Crippen molar-refractivity contribution in [2.24, 2.45) is 0 Å². The summed E-state index contributed by atoms with van der Waals surface area (Å²) in [6.45, 7) is 2.70. The van der Waals surface area contributed by atoms with Crippen LogP contribution in [0, 0.1) is 12.7 Å². The first-order chi connectivity index (χ1) is 10.1. The number of nitrogens with one attached hydrogen (secondary N) is 2. The molecule has 0 fully saturated rings. The largest absolute Gasteiger partial charge is 0.383 e. The van der Waals surface area contributed by atoms with Gasteiger partial charge in [-0.1, -0.05) is 18.2 Å². The molecule has 4 heteroatoms. The Labute approximate surface area is 123 Å². The molecule has 0 aliphatic carbocycles. The highest BCUT2D eigenvalue weighted by molar-refractivity contribution is 6.07. The van der Waals surface area contributed by atoms with Crippen LogP contribution in [0.2, 0.25) is 0 Å². The Morgan fingerprint density at radius 1 is 1.29 bits per heavy atom. The maximum atomic E-state index is 13.3. The van der Waals surface area contributed by atoms with Gasteiger partial charge in [0.15, 0.2) is 0 Å². The lowest BCUT2D eigenvalue weighted by molar-refractivity contribution is 0.102. The van der Waals surface area contributed by atoms with Crippen molar-refractivity contribution in [2.75, 3.05) is 17.2 Å². The van der Waals surface area contributed by atoms with Crippen LogP contribution in [0.4, 0.5) is 15.8 Å². The first-order valence-corrected chi connectivity index (χ1v) is 7.08. The molecule has 2 N–H and O–H groups in total. The van der Waals surface area contributed by atoms with E-state index in [0.29, 0.717) is 5.56 Å². The minimum atomic E-state index is -0.404. The van der Waals surface area contributed by atoms with Gasteiger partial charge < -0.3 is 10.6 Å². The van der Waals surface area contributed by atoms with E-state index >= 15 is 0 Å². The van der Waals surface area contributed by atoms with Crippen LogP contribution in [0.25, 0.3) is 0 Å². The van der Waals surface area contributed by atoms with Gasteiger partial charge in [0.05, 0.1) is 11.4 Å². The third kappa shape index (κ3) is 2.75. The number of anilines is 2. The average Bonchev–Trinajstić information content (AvgIpc) is 2.50. The van der Waals surface area contributed by atoms with Gasteiger partial charge in [0.25, 0.3) is 5.91 Å². The fourth-order valence-corrected chi connectivity index (χ4v) is 2.64. The second-order valence-corrected chi connectivity index (χ2v) is 5.28. The van der Waals surface area contributed by atoms with Crippen LogP contribution in [0.3, 0.4) is 0 Å². The van der Waals surface area contributed by atoms with E-state index < -0.39 is 5.82 Å². The number of carbonyl (C=O) groups excluding carboxylic acids is 1. The lowest BCUT2D eigenvalue weighted by atomic mass is 10.0. The van der Waals surface area contributed by atoms with Gasteiger partial charge in [0.1, 0.15) is 5.82 Å². The molecule has 0 radical (unpaired) electrons. The summed E-state index contributed by atoms with van der Waals surface area (Å²) in [5.41, 5.74) is 4.05. The smallest absolute Gasteiger partial charge is 0.256 e. The molecule has 0 saturated heterocycles. The van der Waals surface area contributed by atoms with E-state index in [1.54, 1.807) is 13.0 Å². The average molecular weight is 284 g/mol. The molecular formula is C17H17FN2O. The van der Waals surface area contributed by atoms with Crippen LogP contribution >= 0.6 is 0 Å². The van der Waals surface area contributed by atoms with Crippen molar-refractivity contribution in [3.63, 3.8) is 0 Å². The van der Waals surface area contributed by atoms with Gasteiger partial charge >= 0.3 is 0 Å². The predicted molar refractivity (Wildman–Crippen MR) is 82.3 cm³/mol. The van der Waals surface area contributed by atoms with Gasteiger partial charge in [-0.25, -0.2) is 4.39 Å². The number of hydrogen-bond donors (Lipinski definition) is 2. The Bertz CT molecular complexity index is 697.